The van der Waals surface area contributed by atoms with Gasteiger partial charge in [0.2, 0.25) is 4.80 Å². The molecule has 140 valence electrons. The van der Waals surface area contributed by atoms with Gasteiger partial charge < -0.3 is 4.98 Å². The first kappa shape index (κ1) is 17.9. The van der Waals surface area contributed by atoms with Crippen LogP contribution < -0.4 is 4.80 Å². The number of hydrogen-bond acceptors (Lipinski definition) is 5. The molecular formula is C20H17N5O2S. The lowest BCUT2D eigenvalue weighted by Gasteiger charge is -2.03. The molecule has 1 N–H and O–H groups in total. The number of aromatic nitrogens is 2. The molecule has 0 saturated carbocycles. The van der Waals surface area contributed by atoms with Gasteiger partial charge in [-0.15, -0.1) is 11.3 Å². The number of nitro groups is 1. The summed E-state index contributed by atoms with van der Waals surface area (Å²) in [6, 6.07) is 14.5. The van der Waals surface area contributed by atoms with Gasteiger partial charge in [-0.25, -0.2) is 4.68 Å². The molecule has 7 nitrogen and oxygen atoms in total. The zero-order valence-electron chi connectivity index (χ0n) is 15.3. The highest BCUT2D eigenvalue weighted by molar-refractivity contribution is 7.07. The quantitative estimate of drug-likeness (QED) is 0.319. The van der Waals surface area contributed by atoms with E-state index >= 15 is 0 Å². The molecule has 4 aromatic rings. The van der Waals surface area contributed by atoms with E-state index in [1.165, 1.54) is 23.5 Å². The maximum atomic E-state index is 10.9. The topological polar surface area (TPSA) is 88.6 Å². The number of aromatic amines is 1. The summed E-state index contributed by atoms with van der Waals surface area (Å²) in [7, 11) is 1.72. The maximum absolute atomic E-state index is 10.9. The van der Waals surface area contributed by atoms with Crippen LogP contribution in [0.3, 0.4) is 0 Å². The van der Waals surface area contributed by atoms with Crippen molar-refractivity contribution in [1.29, 1.82) is 0 Å². The van der Waals surface area contributed by atoms with Crippen LogP contribution in [-0.2, 0) is 0 Å². The average molecular weight is 391 g/mol. The van der Waals surface area contributed by atoms with E-state index in [1.54, 1.807) is 23.9 Å². The summed E-state index contributed by atoms with van der Waals surface area (Å²) in [6.45, 7) is 2.02. The third-order valence-corrected chi connectivity index (χ3v) is 5.40. The van der Waals surface area contributed by atoms with Gasteiger partial charge in [0.05, 0.1) is 16.8 Å². The minimum Gasteiger partial charge on any atom is -0.358 e. The van der Waals surface area contributed by atoms with E-state index in [1.807, 2.05) is 36.7 Å². The number of hydrogen-bond donors (Lipinski definition) is 1. The van der Waals surface area contributed by atoms with Gasteiger partial charge in [-0.2, -0.15) is 5.10 Å². The minimum atomic E-state index is -0.407. The predicted molar refractivity (Wildman–Crippen MR) is 112 cm³/mol. The number of nitro benzene ring substituents is 1. The SMILES string of the molecule is CN=c1scc(-c2ccc([N+](=O)[O-])cc2)n1N=Cc1c(C)[nH]c2ccccc12. The number of nitrogens with one attached hydrogen (secondary N) is 1. The number of aryl methyl sites for hydroxylation is 1. The second-order valence-electron chi connectivity index (χ2n) is 6.20. The molecule has 2 heterocycles. The van der Waals surface area contributed by atoms with Crippen LogP contribution in [0.1, 0.15) is 11.3 Å². The molecule has 0 fully saturated rings. The monoisotopic (exact) mass is 391 g/mol. The predicted octanol–water partition coefficient (Wildman–Crippen LogP) is 4.33. The number of nitrogens with zero attached hydrogens (tertiary/aromatic N) is 4. The molecule has 0 radical (unpaired) electrons. The fourth-order valence-corrected chi connectivity index (χ4v) is 3.90. The van der Waals surface area contributed by atoms with E-state index in [2.05, 4.69) is 21.1 Å². The molecule has 0 unspecified atom stereocenters. The van der Waals surface area contributed by atoms with E-state index in [4.69, 9.17) is 0 Å². The minimum absolute atomic E-state index is 0.0591. The molecule has 0 spiro atoms. The van der Waals surface area contributed by atoms with Crippen LogP contribution in [-0.4, -0.2) is 27.8 Å². The Kier molecular flexibility index (Phi) is 4.62. The van der Waals surface area contributed by atoms with Crippen LogP contribution in [0.5, 0.6) is 0 Å². The molecule has 4 rings (SSSR count). The molecule has 2 aromatic heterocycles. The number of thiazole rings is 1. The second kappa shape index (κ2) is 7.24. The first-order chi connectivity index (χ1) is 13.6. The molecule has 0 aliphatic carbocycles. The number of para-hydroxylation sites is 1. The number of H-pyrrole nitrogens is 1. The van der Waals surface area contributed by atoms with Crippen molar-refractivity contribution >= 4 is 34.1 Å². The van der Waals surface area contributed by atoms with Gasteiger partial charge in [0.15, 0.2) is 0 Å². The van der Waals surface area contributed by atoms with Crippen LogP contribution in [0.15, 0.2) is 64.0 Å². The Balaban J connectivity index is 1.79. The normalized spacial score (nSPS) is 12.3. The summed E-state index contributed by atoms with van der Waals surface area (Å²) in [5.74, 6) is 0. The van der Waals surface area contributed by atoms with Gasteiger partial charge in [0.1, 0.15) is 0 Å². The van der Waals surface area contributed by atoms with E-state index in [0.29, 0.717) is 0 Å². The highest BCUT2D eigenvalue weighted by Gasteiger charge is 2.11. The summed E-state index contributed by atoms with van der Waals surface area (Å²) < 4.78 is 1.76. The fourth-order valence-electron chi connectivity index (χ4n) is 3.09. The summed E-state index contributed by atoms with van der Waals surface area (Å²) >= 11 is 1.47. The molecule has 2 aromatic carbocycles. The van der Waals surface area contributed by atoms with Gasteiger partial charge in [0.25, 0.3) is 5.69 Å². The summed E-state index contributed by atoms with van der Waals surface area (Å²) in [6.07, 6.45) is 1.82. The maximum Gasteiger partial charge on any atom is 0.269 e. The summed E-state index contributed by atoms with van der Waals surface area (Å²) in [5, 5.41) is 18.6. The first-order valence-electron chi connectivity index (χ1n) is 8.58. The van der Waals surface area contributed by atoms with E-state index in [9.17, 15) is 10.1 Å². The van der Waals surface area contributed by atoms with Crippen LogP contribution in [0.4, 0.5) is 5.69 Å². The molecule has 0 amide bonds. The Labute approximate surface area is 164 Å². The molecule has 28 heavy (non-hydrogen) atoms. The third-order valence-electron chi connectivity index (χ3n) is 4.50. The van der Waals surface area contributed by atoms with Crippen molar-refractivity contribution in [3.05, 3.63) is 80.1 Å². The third kappa shape index (κ3) is 3.14. The van der Waals surface area contributed by atoms with E-state index in [-0.39, 0.29) is 5.69 Å². The smallest absolute Gasteiger partial charge is 0.269 e. The van der Waals surface area contributed by atoms with Crippen molar-refractivity contribution in [2.45, 2.75) is 6.92 Å². The number of non-ortho nitro benzene ring substituents is 1. The molecular weight excluding hydrogens is 374 g/mol. The first-order valence-corrected chi connectivity index (χ1v) is 9.46. The van der Waals surface area contributed by atoms with Gasteiger partial charge >= 0.3 is 0 Å². The van der Waals surface area contributed by atoms with Crippen molar-refractivity contribution in [3.8, 4) is 11.3 Å². The lowest BCUT2D eigenvalue weighted by molar-refractivity contribution is -0.384. The molecule has 0 aliphatic heterocycles. The molecule has 8 heteroatoms. The fraction of sp³-hybridized carbons (Fsp3) is 0.100. The number of benzene rings is 2. The second-order valence-corrected chi connectivity index (χ2v) is 7.03. The van der Waals surface area contributed by atoms with Crippen molar-refractivity contribution in [1.82, 2.24) is 9.66 Å². The van der Waals surface area contributed by atoms with Crippen LogP contribution in [0.2, 0.25) is 0 Å². The Morgan fingerprint density at radius 2 is 1.93 bits per heavy atom. The van der Waals surface area contributed by atoms with Crippen molar-refractivity contribution < 1.29 is 4.92 Å². The molecule has 0 aliphatic rings. The van der Waals surface area contributed by atoms with Crippen molar-refractivity contribution in [3.63, 3.8) is 0 Å². The number of fused-ring (bicyclic) bond motifs is 1. The van der Waals surface area contributed by atoms with E-state index < -0.39 is 4.92 Å². The van der Waals surface area contributed by atoms with Gasteiger partial charge in [-0.05, 0) is 25.1 Å². The van der Waals surface area contributed by atoms with Crippen LogP contribution >= 0.6 is 11.3 Å². The Morgan fingerprint density at radius 3 is 2.64 bits per heavy atom. The lowest BCUT2D eigenvalue weighted by Crippen LogP contribution is -2.11. The Morgan fingerprint density at radius 1 is 1.18 bits per heavy atom. The van der Waals surface area contributed by atoms with Gasteiger partial charge in [0, 0.05) is 52.3 Å². The van der Waals surface area contributed by atoms with Crippen LogP contribution in [0.25, 0.3) is 22.2 Å². The highest BCUT2D eigenvalue weighted by Crippen LogP contribution is 2.24. The van der Waals surface area contributed by atoms with Crippen molar-refractivity contribution in [2.75, 3.05) is 7.05 Å². The molecule has 0 atom stereocenters. The average Bonchev–Trinajstić information content (AvgIpc) is 3.26. The standard InChI is InChI=1S/C20H17N5O2S/c1-13-17(16-5-3-4-6-18(16)23-13)11-22-24-19(12-28-20(24)21-2)14-7-9-15(10-8-14)25(26)27/h3-12,23H,1-2H3. The highest BCUT2D eigenvalue weighted by atomic mass is 32.1. The largest absolute Gasteiger partial charge is 0.358 e. The van der Waals surface area contributed by atoms with Gasteiger partial charge in [-0.1, -0.05) is 18.2 Å². The zero-order valence-corrected chi connectivity index (χ0v) is 16.1. The molecule has 0 bridgehead atoms. The Bertz CT molecular complexity index is 1260. The lowest BCUT2D eigenvalue weighted by atomic mass is 10.1. The zero-order chi connectivity index (χ0) is 19.7. The van der Waals surface area contributed by atoms with Crippen LogP contribution in [0, 0.1) is 17.0 Å². The molecule has 0 saturated heterocycles. The van der Waals surface area contributed by atoms with E-state index in [0.717, 1.165) is 38.2 Å². The van der Waals surface area contributed by atoms with Gasteiger partial charge in [-0.3, -0.25) is 15.1 Å². The Hall–Kier alpha value is -3.52. The number of rotatable bonds is 4. The van der Waals surface area contributed by atoms with Crippen molar-refractivity contribution in [2.24, 2.45) is 10.1 Å². The summed E-state index contributed by atoms with van der Waals surface area (Å²) in [4.78, 5) is 18.9. The summed E-state index contributed by atoms with van der Waals surface area (Å²) in [5.41, 5.74) is 4.84.